The molecule has 0 aromatic carbocycles. The number of hydrogen-bond acceptors (Lipinski definition) is 3. The van der Waals surface area contributed by atoms with Crippen molar-refractivity contribution in [3.05, 3.63) is 0 Å². The van der Waals surface area contributed by atoms with Crippen LogP contribution in [0.15, 0.2) is 0 Å². The molecule has 1 aliphatic heterocycles. The highest BCUT2D eigenvalue weighted by molar-refractivity contribution is 5.68. The molecule has 1 saturated heterocycles. The van der Waals surface area contributed by atoms with E-state index in [1.165, 1.54) is 25.7 Å². The van der Waals surface area contributed by atoms with Gasteiger partial charge in [-0.15, -0.1) is 0 Å². The van der Waals surface area contributed by atoms with Gasteiger partial charge in [-0.2, -0.15) is 0 Å². The van der Waals surface area contributed by atoms with Crippen LogP contribution in [0.25, 0.3) is 0 Å². The minimum Gasteiger partial charge on any atom is -0.444 e. The fraction of sp³-hybridized carbons (Fsp3) is 0.944. The van der Waals surface area contributed by atoms with E-state index in [0.29, 0.717) is 12.1 Å². The van der Waals surface area contributed by atoms with Crippen LogP contribution in [0.3, 0.4) is 0 Å². The summed E-state index contributed by atoms with van der Waals surface area (Å²) >= 11 is 0. The van der Waals surface area contributed by atoms with Crippen molar-refractivity contribution < 1.29 is 9.53 Å². The fourth-order valence-corrected chi connectivity index (χ4v) is 3.24. The van der Waals surface area contributed by atoms with Crippen LogP contribution in [0.1, 0.15) is 72.6 Å². The zero-order valence-corrected chi connectivity index (χ0v) is 14.9. The lowest BCUT2D eigenvalue weighted by atomic mass is 9.96. The molecule has 0 radical (unpaired) electrons. The Morgan fingerprint density at radius 3 is 2.64 bits per heavy atom. The van der Waals surface area contributed by atoms with E-state index in [0.717, 1.165) is 38.3 Å². The van der Waals surface area contributed by atoms with Gasteiger partial charge in [0.2, 0.25) is 0 Å². The molecular weight excluding hydrogens is 276 g/mol. The van der Waals surface area contributed by atoms with Crippen molar-refractivity contribution in [1.29, 1.82) is 0 Å². The molecule has 0 aromatic heterocycles. The molecule has 128 valence electrons. The van der Waals surface area contributed by atoms with Gasteiger partial charge in [0.15, 0.2) is 0 Å². The van der Waals surface area contributed by atoms with E-state index in [9.17, 15) is 4.79 Å². The van der Waals surface area contributed by atoms with Crippen LogP contribution in [0.5, 0.6) is 0 Å². The van der Waals surface area contributed by atoms with Gasteiger partial charge in [-0.1, -0.05) is 12.8 Å². The number of likely N-dealkylation sites (tertiary alicyclic amines) is 1. The predicted molar refractivity (Wildman–Crippen MR) is 90.0 cm³/mol. The van der Waals surface area contributed by atoms with Crippen LogP contribution >= 0.6 is 0 Å². The third-order valence-electron chi connectivity index (χ3n) is 4.62. The van der Waals surface area contributed by atoms with E-state index in [1.807, 2.05) is 25.7 Å². The number of hydrogen-bond donors (Lipinski definition) is 1. The number of amides is 1. The van der Waals surface area contributed by atoms with Crippen LogP contribution in [0.2, 0.25) is 0 Å². The molecule has 1 N–H and O–H groups in total. The molecule has 0 aromatic rings. The number of rotatable bonds is 6. The van der Waals surface area contributed by atoms with Gasteiger partial charge in [0.05, 0.1) is 0 Å². The molecule has 2 rings (SSSR count). The molecule has 2 aliphatic rings. The summed E-state index contributed by atoms with van der Waals surface area (Å²) in [5, 5.41) is 3.63. The monoisotopic (exact) mass is 310 g/mol. The highest BCUT2D eigenvalue weighted by atomic mass is 16.6. The molecule has 4 heteroatoms. The van der Waals surface area contributed by atoms with Crippen LogP contribution in [0, 0.1) is 5.92 Å². The Hall–Kier alpha value is -0.770. The molecule has 22 heavy (non-hydrogen) atoms. The van der Waals surface area contributed by atoms with Gasteiger partial charge in [-0.3, -0.25) is 0 Å². The zero-order valence-electron chi connectivity index (χ0n) is 14.9. The second kappa shape index (κ2) is 7.67. The Kier molecular flexibility index (Phi) is 6.13. The van der Waals surface area contributed by atoms with Crippen LogP contribution in [-0.4, -0.2) is 41.8 Å². The van der Waals surface area contributed by atoms with Crippen molar-refractivity contribution in [2.45, 2.75) is 90.3 Å². The van der Waals surface area contributed by atoms with Crippen LogP contribution < -0.4 is 5.32 Å². The van der Waals surface area contributed by atoms with Crippen molar-refractivity contribution in [2.75, 3.05) is 13.1 Å². The van der Waals surface area contributed by atoms with Gasteiger partial charge < -0.3 is 15.0 Å². The first-order chi connectivity index (χ1) is 10.3. The predicted octanol–water partition coefficient (Wildman–Crippen LogP) is 3.94. The summed E-state index contributed by atoms with van der Waals surface area (Å²) in [5.74, 6) is 0.979. The Morgan fingerprint density at radius 2 is 2.00 bits per heavy atom. The average molecular weight is 310 g/mol. The standard InChI is InChI=1S/C18H34N2O2/c1-14(19-11-10-15-8-9-15)13-16-7-5-6-12-20(16)17(21)22-18(2,3)4/h14-16,19H,5-13H2,1-4H3. The summed E-state index contributed by atoms with van der Waals surface area (Å²) in [7, 11) is 0. The van der Waals surface area contributed by atoms with Gasteiger partial charge >= 0.3 is 6.09 Å². The van der Waals surface area contributed by atoms with E-state index in [1.54, 1.807) is 0 Å². The van der Waals surface area contributed by atoms with Crippen molar-refractivity contribution >= 4 is 6.09 Å². The molecule has 0 spiro atoms. The molecule has 4 nitrogen and oxygen atoms in total. The van der Waals surface area contributed by atoms with Gasteiger partial charge in [-0.25, -0.2) is 4.79 Å². The van der Waals surface area contributed by atoms with Crippen molar-refractivity contribution in [3.63, 3.8) is 0 Å². The summed E-state index contributed by atoms with van der Waals surface area (Å²) in [4.78, 5) is 14.4. The molecular formula is C18H34N2O2. The number of nitrogens with zero attached hydrogens (tertiary/aromatic N) is 1. The van der Waals surface area contributed by atoms with Crippen LogP contribution in [-0.2, 0) is 4.74 Å². The Balaban J connectivity index is 1.78. The van der Waals surface area contributed by atoms with Crippen molar-refractivity contribution in [2.24, 2.45) is 5.92 Å². The maximum atomic E-state index is 12.4. The number of ether oxygens (including phenoxy) is 1. The molecule has 2 atom stereocenters. The van der Waals surface area contributed by atoms with Gasteiger partial charge in [-0.05, 0) is 72.3 Å². The summed E-state index contributed by atoms with van der Waals surface area (Å²) in [6, 6.07) is 0.791. The van der Waals surface area contributed by atoms with Gasteiger partial charge in [0, 0.05) is 18.6 Å². The van der Waals surface area contributed by atoms with Gasteiger partial charge in [0.1, 0.15) is 5.60 Å². The lowest BCUT2D eigenvalue weighted by Gasteiger charge is -2.38. The number of carbonyl (C=O) groups excluding carboxylic acids is 1. The minimum atomic E-state index is -0.410. The number of carbonyl (C=O) groups is 1. The smallest absolute Gasteiger partial charge is 0.410 e. The molecule has 2 unspecified atom stereocenters. The lowest BCUT2D eigenvalue weighted by molar-refractivity contribution is 0.00791. The molecule has 1 aliphatic carbocycles. The third-order valence-corrected chi connectivity index (χ3v) is 4.62. The Labute approximate surface area is 136 Å². The summed E-state index contributed by atoms with van der Waals surface area (Å²) < 4.78 is 5.58. The van der Waals surface area contributed by atoms with E-state index in [2.05, 4.69) is 12.2 Å². The molecule has 1 saturated carbocycles. The highest BCUT2D eigenvalue weighted by Crippen LogP contribution is 2.31. The summed E-state index contributed by atoms with van der Waals surface area (Å²) in [6.07, 6.45) is 8.47. The largest absolute Gasteiger partial charge is 0.444 e. The zero-order chi connectivity index (χ0) is 16.2. The Morgan fingerprint density at radius 1 is 1.27 bits per heavy atom. The first-order valence-electron chi connectivity index (χ1n) is 9.08. The fourth-order valence-electron chi connectivity index (χ4n) is 3.24. The number of nitrogens with one attached hydrogen (secondary N) is 1. The maximum absolute atomic E-state index is 12.4. The molecule has 2 fully saturated rings. The highest BCUT2D eigenvalue weighted by Gasteiger charge is 2.31. The Bertz CT molecular complexity index is 361. The summed E-state index contributed by atoms with van der Waals surface area (Å²) in [6.45, 7) is 10.0. The molecule has 0 bridgehead atoms. The second-order valence-electron chi connectivity index (χ2n) is 8.15. The normalized spacial score (nSPS) is 24.2. The van der Waals surface area contributed by atoms with Crippen molar-refractivity contribution in [3.8, 4) is 0 Å². The summed E-state index contributed by atoms with van der Waals surface area (Å²) in [5.41, 5.74) is -0.410. The van der Waals surface area contributed by atoms with Crippen LogP contribution in [0.4, 0.5) is 4.79 Å². The molecule has 1 heterocycles. The first kappa shape index (κ1) is 17.6. The van der Waals surface area contributed by atoms with Gasteiger partial charge in [0.25, 0.3) is 0 Å². The van der Waals surface area contributed by atoms with E-state index in [4.69, 9.17) is 4.74 Å². The molecule has 1 amide bonds. The van der Waals surface area contributed by atoms with Crippen molar-refractivity contribution in [1.82, 2.24) is 10.2 Å². The first-order valence-corrected chi connectivity index (χ1v) is 9.08. The quantitative estimate of drug-likeness (QED) is 0.808. The maximum Gasteiger partial charge on any atom is 0.410 e. The van der Waals surface area contributed by atoms with E-state index >= 15 is 0 Å². The topological polar surface area (TPSA) is 41.6 Å². The van der Waals surface area contributed by atoms with E-state index in [-0.39, 0.29) is 6.09 Å². The lowest BCUT2D eigenvalue weighted by Crippen LogP contribution is -2.48. The average Bonchev–Trinajstić information content (AvgIpc) is 3.21. The van der Waals surface area contributed by atoms with E-state index < -0.39 is 5.60 Å². The third kappa shape index (κ3) is 6.15. The number of piperidine rings is 1. The SMILES string of the molecule is CC(CC1CCCCN1C(=O)OC(C)(C)C)NCCC1CC1. The second-order valence-corrected chi connectivity index (χ2v) is 8.15. The minimum absolute atomic E-state index is 0.137.